The molecule has 0 aromatic heterocycles. The molecule has 1 fully saturated rings. The van der Waals surface area contributed by atoms with Crippen molar-refractivity contribution in [3.05, 3.63) is 23.6 Å². The van der Waals surface area contributed by atoms with Crippen molar-refractivity contribution >= 4 is 6.03 Å². The number of fused-ring (bicyclic) bond motifs is 1. The topological polar surface area (TPSA) is 114 Å². The third kappa shape index (κ3) is 2.07. The van der Waals surface area contributed by atoms with Gasteiger partial charge in [-0.3, -0.25) is 4.90 Å². The number of carbonyl (C=O) groups excluding carboxylic acids is 1. The fourth-order valence-electron chi connectivity index (χ4n) is 2.47. The number of urea groups is 1. The van der Waals surface area contributed by atoms with E-state index in [1.54, 1.807) is 0 Å². The molecule has 0 aliphatic carbocycles. The van der Waals surface area contributed by atoms with E-state index in [1.807, 2.05) is 0 Å². The summed E-state index contributed by atoms with van der Waals surface area (Å²) < 4.78 is 31.9. The average Bonchev–Trinajstić information content (AvgIpc) is 2.88. The molecule has 0 aromatic rings. The first-order chi connectivity index (χ1) is 9.93. The first-order valence-corrected chi connectivity index (χ1v) is 6.19. The van der Waals surface area contributed by atoms with Gasteiger partial charge < -0.3 is 30.7 Å². The van der Waals surface area contributed by atoms with Crippen LogP contribution in [0.4, 0.5) is 13.6 Å². The van der Waals surface area contributed by atoms with E-state index in [-0.39, 0.29) is 5.57 Å². The van der Waals surface area contributed by atoms with Crippen LogP contribution >= 0.6 is 0 Å². The minimum atomic E-state index is -1.49. The summed E-state index contributed by atoms with van der Waals surface area (Å²) in [5.74, 6) is -2.36. The first kappa shape index (κ1) is 14.2. The predicted molar refractivity (Wildman–Crippen MR) is 62.4 cm³/mol. The van der Waals surface area contributed by atoms with Crippen LogP contribution in [-0.4, -0.2) is 63.6 Å². The zero-order chi connectivity index (χ0) is 15.3. The lowest BCUT2D eigenvalue weighted by Gasteiger charge is -2.33. The van der Waals surface area contributed by atoms with Gasteiger partial charge in [-0.15, -0.1) is 0 Å². The molecule has 116 valence electrons. The average molecular weight is 305 g/mol. The van der Waals surface area contributed by atoms with Gasteiger partial charge in [-0.2, -0.15) is 4.39 Å². The molecule has 0 aromatic carbocycles. The fourth-order valence-corrected chi connectivity index (χ4v) is 2.47. The van der Waals surface area contributed by atoms with E-state index in [2.05, 4.69) is 10.6 Å². The summed E-state index contributed by atoms with van der Waals surface area (Å²) in [4.78, 5) is 12.7. The second-order valence-corrected chi connectivity index (χ2v) is 4.88. The molecule has 0 saturated carbocycles. The first-order valence-electron chi connectivity index (χ1n) is 6.19. The summed E-state index contributed by atoms with van der Waals surface area (Å²) in [5.41, 5.74) is -0.162. The quantitative estimate of drug-likeness (QED) is 0.392. The van der Waals surface area contributed by atoms with Crippen LogP contribution in [0.5, 0.6) is 0 Å². The maximum absolute atomic E-state index is 13.6. The minimum absolute atomic E-state index is 0.162. The van der Waals surface area contributed by atoms with E-state index in [4.69, 9.17) is 9.84 Å². The van der Waals surface area contributed by atoms with Crippen LogP contribution in [-0.2, 0) is 4.74 Å². The maximum Gasteiger partial charge on any atom is 0.325 e. The van der Waals surface area contributed by atoms with Crippen molar-refractivity contribution in [2.45, 2.75) is 30.7 Å². The van der Waals surface area contributed by atoms with Gasteiger partial charge in [0.1, 0.15) is 24.5 Å². The Morgan fingerprint density at radius 2 is 2.00 bits per heavy atom. The maximum atomic E-state index is 13.6. The van der Waals surface area contributed by atoms with E-state index in [0.717, 1.165) is 11.1 Å². The Hall–Kier alpha value is -1.75. The van der Waals surface area contributed by atoms with Crippen LogP contribution in [0.25, 0.3) is 0 Å². The lowest BCUT2D eigenvalue weighted by Crippen LogP contribution is -2.56. The van der Waals surface area contributed by atoms with E-state index in [0.29, 0.717) is 0 Å². The van der Waals surface area contributed by atoms with Crippen molar-refractivity contribution in [2.24, 2.45) is 0 Å². The Morgan fingerprint density at radius 1 is 1.29 bits per heavy atom. The molecule has 0 bridgehead atoms. The molecular formula is C11H13F2N3O5. The van der Waals surface area contributed by atoms with Crippen molar-refractivity contribution in [3.8, 4) is 0 Å². The van der Waals surface area contributed by atoms with Crippen LogP contribution in [0.2, 0.25) is 0 Å². The molecule has 0 radical (unpaired) electrons. The number of aliphatic hydroxyl groups excluding tert-OH is 3. The number of hydrogen-bond acceptors (Lipinski definition) is 6. The van der Waals surface area contributed by atoms with E-state index >= 15 is 0 Å². The van der Waals surface area contributed by atoms with Crippen LogP contribution in [0, 0.1) is 0 Å². The molecule has 5 unspecified atom stereocenters. The summed E-state index contributed by atoms with van der Waals surface area (Å²) in [6.07, 6.45) is -5.32. The molecule has 3 aliphatic rings. The summed E-state index contributed by atoms with van der Waals surface area (Å²) >= 11 is 0. The molecule has 2 amide bonds. The van der Waals surface area contributed by atoms with Crippen LogP contribution in [0.15, 0.2) is 23.6 Å². The van der Waals surface area contributed by atoms with Crippen molar-refractivity contribution in [3.63, 3.8) is 0 Å². The number of nitrogens with one attached hydrogen (secondary N) is 2. The van der Waals surface area contributed by atoms with Gasteiger partial charge >= 0.3 is 6.03 Å². The Balaban J connectivity index is 1.89. The fraction of sp³-hybridized carbons (Fsp3) is 0.545. The van der Waals surface area contributed by atoms with Gasteiger partial charge in [-0.1, -0.05) is 0 Å². The molecule has 3 rings (SSSR count). The van der Waals surface area contributed by atoms with Gasteiger partial charge in [0.15, 0.2) is 12.1 Å². The Bertz CT molecular complexity index is 540. The highest BCUT2D eigenvalue weighted by Gasteiger charge is 2.48. The van der Waals surface area contributed by atoms with Gasteiger partial charge in [-0.25, -0.2) is 9.18 Å². The number of carbonyl (C=O) groups is 1. The van der Waals surface area contributed by atoms with Crippen LogP contribution < -0.4 is 10.6 Å². The minimum Gasteiger partial charge on any atom is -0.394 e. The van der Waals surface area contributed by atoms with Gasteiger partial charge in [0, 0.05) is 6.20 Å². The number of halogens is 2. The summed E-state index contributed by atoms with van der Waals surface area (Å²) in [6.45, 7) is -0.562. The highest BCUT2D eigenvalue weighted by Crippen LogP contribution is 2.32. The Morgan fingerprint density at radius 3 is 2.62 bits per heavy atom. The van der Waals surface area contributed by atoms with E-state index < -0.39 is 55.1 Å². The smallest absolute Gasteiger partial charge is 0.325 e. The van der Waals surface area contributed by atoms with Crippen LogP contribution in [0.1, 0.15) is 0 Å². The highest BCUT2D eigenvalue weighted by atomic mass is 19.2. The number of rotatable bonds is 2. The van der Waals surface area contributed by atoms with Crippen molar-refractivity contribution in [1.82, 2.24) is 15.5 Å². The molecular weight excluding hydrogens is 292 g/mol. The van der Waals surface area contributed by atoms with Gasteiger partial charge in [-0.05, 0) is 0 Å². The second kappa shape index (κ2) is 4.91. The number of hydrogen-bond donors (Lipinski definition) is 5. The predicted octanol–water partition coefficient (Wildman–Crippen LogP) is -1.63. The second-order valence-electron chi connectivity index (χ2n) is 4.88. The Labute approximate surface area is 117 Å². The summed E-state index contributed by atoms with van der Waals surface area (Å²) in [6, 6.07) is -0.770. The lowest BCUT2D eigenvalue weighted by molar-refractivity contribution is -0.0665. The molecule has 21 heavy (non-hydrogen) atoms. The third-order valence-corrected chi connectivity index (χ3v) is 3.60. The van der Waals surface area contributed by atoms with E-state index in [9.17, 15) is 23.8 Å². The molecule has 1 saturated heterocycles. The van der Waals surface area contributed by atoms with Crippen molar-refractivity contribution < 1.29 is 33.6 Å². The molecule has 3 aliphatic heterocycles. The van der Waals surface area contributed by atoms with Crippen molar-refractivity contribution in [1.29, 1.82) is 0 Å². The SMILES string of the molecule is O=C1NC2NC(F)=C(F)C2=CN1C1OC(CO)C(O)C1O. The normalized spacial score (nSPS) is 39.1. The lowest BCUT2D eigenvalue weighted by atomic mass is 10.1. The van der Waals surface area contributed by atoms with Crippen molar-refractivity contribution in [2.75, 3.05) is 6.61 Å². The third-order valence-electron chi connectivity index (χ3n) is 3.60. The van der Waals surface area contributed by atoms with Gasteiger partial charge in [0.25, 0.3) is 0 Å². The number of ether oxygens (including phenoxy) is 1. The zero-order valence-corrected chi connectivity index (χ0v) is 10.5. The van der Waals surface area contributed by atoms with Crippen LogP contribution in [0.3, 0.4) is 0 Å². The Kier molecular flexibility index (Phi) is 3.32. The number of nitrogens with zero attached hydrogens (tertiary/aromatic N) is 1. The standard InChI is InChI=1S/C11H13F2N3O5/c12-5-3-1-16(11(20)15-9(3)14-8(5)13)10-7(19)6(18)4(2-17)21-10/h1,4,6-7,9-10,14,17-19H,2H2,(H,15,20). The molecule has 5 N–H and O–H groups in total. The zero-order valence-electron chi connectivity index (χ0n) is 10.5. The van der Waals surface area contributed by atoms with E-state index in [1.165, 1.54) is 0 Å². The molecule has 3 heterocycles. The molecule has 10 heteroatoms. The largest absolute Gasteiger partial charge is 0.394 e. The van der Waals surface area contributed by atoms with Gasteiger partial charge in [0.05, 0.1) is 12.2 Å². The highest BCUT2D eigenvalue weighted by molar-refractivity contribution is 5.79. The molecule has 8 nitrogen and oxygen atoms in total. The molecule has 5 atom stereocenters. The van der Waals surface area contributed by atoms with Gasteiger partial charge in [0.2, 0.25) is 5.95 Å². The molecule has 0 spiro atoms. The monoisotopic (exact) mass is 305 g/mol. The number of aliphatic hydroxyl groups is 3. The summed E-state index contributed by atoms with van der Waals surface area (Å²) in [7, 11) is 0. The number of amides is 2. The summed E-state index contributed by atoms with van der Waals surface area (Å²) in [5, 5.41) is 32.9.